The molecule has 1 fully saturated rings. The van der Waals surface area contributed by atoms with Crippen molar-refractivity contribution < 1.29 is 19.7 Å². The molecule has 120 valence electrons. The minimum atomic E-state index is -1.01. The van der Waals surface area contributed by atoms with Crippen molar-refractivity contribution in [2.24, 2.45) is 5.73 Å². The van der Waals surface area contributed by atoms with Crippen LogP contribution in [0.5, 0.6) is 0 Å². The summed E-state index contributed by atoms with van der Waals surface area (Å²) in [5.74, 6) is 0. The van der Waals surface area contributed by atoms with Gasteiger partial charge in [0, 0.05) is 16.5 Å². The molecular formula is C14H17BrN2O4S. The van der Waals surface area contributed by atoms with Gasteiger partial charge in [-0.3, -0.25) is 0 Å². The monoisotopic (exact) mass is 388 g/mol. The molecule has 0 radical (unpaired) electrons. The second-order valence-corrected chi connectivity index (χ2v) is 6.92. The van der Waals surface area contributed by atoms with E-state index in [2.05, 4.69) is 22.0 Å². The van der Waals surface area contributed by atoms with Gasteiger partial charge in [-0.2, -0.15) is 5.26 Å². The van der Waals surface area contributed by atoms with Gasteiger partial charge in [0.2, 0.25) is 0 Å². The fraction of sp³-hybridized carbons (Fsp3) is 0.500. The number of nitrogens with two attached hydrogens (primary N) is 1. The first kappa shape index (κ1) is 17.7. The second-order valence-electron chi connectivity index (χ2n) is 4.86. The average Bonchev–Trinajstić information content (AvgIpc) is 2.51. The molecule has 0 saturated carbocycles. The summed E-state index contributed by atoms with van der Waals surface area (Å²) < 4.78 is 11.9. The van der Waals surface area contributed by atoms with Crippen LogP contribution in [0, 0.1) is 11.3 Å². The van der Waals surface area contributed by atoms with Crippen LogP contribution in [0.1, 0.15) is 5.56 Å². The Morgan fingerprint density at radius 2 is 2.27 bits per heavy atom. The summed E-state index contributed by atoms with van der Waals surface area (Å²) >= 11 is 4.66. The summed E-state index contributed by atoms with van der Waals surface area (Å²) in [5, 5.41) is 28.5. The lowest BCUT2D eigenvalue weighted by Crippen LogP contribution is -2.61. The number of rotatable bonds is 4. The molecule has 1 aromatic rings. The summed E-state index contributed by atoms with van der Waals surface area (Å²) in [6, 6.07) is 6.73. The van der Waals surface area contributed by atoms with Crippen LogP contribution < -0.4 is 5.73 Å². The molecule has 4 N–H and O–H groups in total. The van der Waals surface area contributed by atoms with E-state index in [1.165, 1.54) is 18.9 Å². The van der Waals surface area contributed by atoms with Crippen molar-refractivity contribution in [1.82, 2.24) is 0 Å². The molecule has 5 unspecified atom stereocenters. The maximum absolute atomic E-state index is 10.0. The van der Waals surface area contributed by atoms with Crippen LogP contribution in [0.15, 0.2) is 27.6 Å². The summed E-state index contributed by atoms with van der Waals surface area (Å²) in [5.41, 5.74) is 5.96. The molecule has 0 aromatic heterocycles. The van der Waals surface area contributed by atoms with E-state index in [9.17, 15) is 15.5 Å². The number of methoxy groups -OCH3 is 1. The number of nitrogens with zero attached hydrogens (tertiary/aromatic N) is 1. The minimum Gasteiger partial charge on any atom is -0.394 e. The standard InChI is InChI=1S/C14H17BrN2O4S/c1-20-13-11(17)12(19)9(6-18)21-14(13)22-10-4-8(15)3-2-7(10)5-16/h2-4,9,11-14,18-19H,6,17H2,1H3. The molecule has 1 aromatic carbocycles. The van der Waals surface area contributed by atoms with Crippen LogP contribution in [-0.4, -0.2) is 53.7 Å². The SMILES string of the molecule is COC1C(Sc2cc(Br)ccc2C#N)OC(CO)C(O)C1N. The number of hydrogen-bond acceptors (Lipinski definition) is 7. The van der Waals surface area contributed by atoms with Crippen molar-refractivity contribution in [2.45, 2.75) is 34.7 Å². The fourth-order valence-electron chi connectivity index (χ4n) is 2.28. The van der Waals surface area contributed by atoms with Gasteiger partial charge in [0.1, 0.15) is 29.8 Å². The Kier molecular flexibility index (Phi) is 6.23. The highest BCUT2D eigenvalue weighted by Crippen LogP contribution is 2.36. The molecule has 1 aliphatic heterocycles. The topological polar surface area (TPSA) is 109 Å². The quantitative estimate of drug-likeness (QED) is 0.700. The van der Waals surface area contributed by atoms with Gasteiger partial charge in [-0.05, 0) is 18.2 Å². The molecule has 2 rings (SSSR count). The van der Waals surface area contributed by atoms with Gasteiger partial charge < -0.3 is 25.4 Å². The van der Waals surface area contributed by atoms with E-state index in [0.717, 1.165) is 4.47 Å². The van der Waals surface area contributed by atoms with E-state index in [1.807, 2.05) is 6.07 Å². The molecule has 0 bridgehead atoms. The van der Waals surface area contributed by atoms with Crippen LogP contribution in [0.4, 0.5) is 0 Å². The number of nitriles is 1. The molecule has 1 heterocycles. The molecule has 6 nitrogen and oxygen atoms in total. The third-order valence-electron chi connectivity index (χ3n) is 3.49. The van der Waals surface area contributed by atoms with E-state index >= 15 is 0 Å². The minimum absolute atomic E-state index is 0.341. The number of thioether (sulfide) groups is 1. The Hall–Kier alpha value is -0.660. The van der Waals surface area contributed by atoms with E-state index in [-0.39, 0.29) is 6.61 Å². The Balaban J connectivity index is 2.26. The first-order valence-corrected chi connectivity index (χ1v) is 8.28. The van der Waals surface area contributed by atoms with Crippen LogP contribution in [0.3, 0.4) is 0 Å². The lowest BCUT2D eigenvalue weighted by molar-refractivity contribution is -0.167. The predicted molar refractivity (Wildman–Crippen MR) is 85.2 cm³/mol. The number of benzene rings is 1. The zero-order valence-corrected chi connectivity index (χ0v) is 14.3. The van der Waals surface area contributed by atoms with E-state index < -0.39 is 29.8 Å². The normalized spacial score (nSPS) is 31.7. The molecule has 22 heavy (non-hydrogen) atoms. The number of aliphatic hydroxyl groups excluding tert-OH is 2. The molecule has 8 heteroatoms. The van der Waals surface area contributed by atoms with E-state index in [4.69, 9.17) is 15.2 Å². The second kappa shape index (κ2) is 7.75. The zero-order valence-electron chi connectivity index (χ0n) is 11.8. The maximum Gasteiger partial charge on any atom is 0.136 e. The van der Waals surface area contributed by atoms with Crippen molar-refractivity contribution in [3.63, 3.8) is 0 Å². The van der Waals surface area contributed by atoms with Crippen LogP contribution in [0.25, 0.3) is 0 Å². The maximum atomic E-state index is 10.0. The van der Waals surface area contributed by atoms with Crippen molar-refractivity contribution in [1.29, 1.82) is 5.26 Å². The lowest BCUT2D eigenvalue weighted by Gasteiger charge is -2.42. The van der Waals surface area contributed by atoms with Gasteiger partial charge >= 0.3 is 0 Å². The van der Waals surface area contributed by atoms with Crippen LogP contribution in [-0.2, 0) is 9.47 Å². The largest absolute Gasteiger partial charge is 0.394 e. The van der Waals surface area contributed by atoms with Crippen LogP contribution >= 0.6 is 27.7 Å². The number of hydrogen-bond donors (Lipinski definition) is 3. The van der Waals surface area contributed by atoms with Gasteiger partial charge in [-0.15, -0.1) is 0 Å². The molecular weight excluding hydrogens is 372 g/mol. The summed E-state index contributed by atoms with van der Waals surface area (Å²) in [6.07, 6.45) is -2.35. The highest BCUT2D eigenvalue weighted by molar-refractivity contribution is 9.10. The highest BCUT2D eigenvalue weighted by Gasteiger charge is 2.44. The fourth-order valence-corrected chi connectivity index (χ4v) is 4.10. The molecule has 0 amide bonds. The van der Waals surface area contributed by atoms with Gasteiger partial charge in [0.25, 0.3) is 0 Å². The third kappa shape index (κ3) is 3.63. The van der Waals surface area contributed by atoms with Crippen LogP contribution in [0.2, 0.25) is 0 Å². The third-order valence-corrected chi connectivity index (χ3v) is 5.19. The highest BCUT2D eigenvalue weighted by atomic mass is 79.9. The Labute approximate surface area is 141 Å². The van der Waals surface area contributed by atoms with Crippen molar-refractivity contribution in [3.8, 4) is 6.07 Å². The number of halogens is 1. The lowest BCUT2D eigenvalue weighted by atomic mass is 9.98. The Morgan fingerprint density at radius 1 is 1.55 bits per heavy atom. The van der Waals surface area contributed by atoms with Crippen molar-refractivity contribution in [2.75, 3.05) is 13.7 Å². The summed E-state index contributed by atoms with van der Waals surface area (Å²) in [4.78, 5) is 0.712. The first-order chi connectivity index (χ1) is 10.5. The first-order valence-electron chi connectivity index (χ1n) is 6.61. The van der Waals surface area contributed by atoms with E-state index in [1.54, 1.807) is 12.1 Å². The molecule has 5 atom stereocenters. The molecule has 1 aliphatic rings. The molecule has 0 aliphatic carbocycles. The van der Waals surface area contributed by atoms with Gasteiger partial charge in [0.05, 0.1) is 18.2 Å². The number of aliphatic hydroxyl groups is 2. The predicted octanol–water partition coefficient (Wildman–Crippen LogP) is 0.833. The molecule has 1 saturated heterocycles. The van der Waals surface area contributed by atoms with Crippen molar-refractivity contribution in [3.05, 3.63) is 28.2 Å². The summed E-state index contributed by atoms with van der Waals surface area (Å²) in [7, 11) is 1.49. The summed E-state index contributed by atoms with van der Waals surface area (Å²) in [6.45, 7) is -0.341. The van der Waals surface area contributed by atoms with Gasteiger partial charge in [-0.1, -0.05) is 27.7 Å². The Morgan fingerprint density at radius 3 is 2.86 bits per heavy atom. The average molecular weight is 389 g/mol. The zero-order chi connectivity index (χ0) is 16.3. The van der Waals surface area contributed by atoms with Gasteiger partial charge in [-0.25, -0.2) is 0 Å². The Bertz CT molecular complexity index is 568. The van der Waals surface area contributed by atoms with Gasteiger partial charge in [0.15, 0.2) is 0 Å². The number of ether oxygens (including phenoxy) is 2. The van der Waals surface area contributed by atoms with Crippen molar-refractivity contribution >= 4 is 27.7 Å². The smallest absolute Gasteiger partial charge is 0.136 e. The van der Waals surface area contributed by atoms with E-state index in [0.29, 0.717) is 10.5 Å². The molecule has 0 spiro atoms.